The highest BCUT2D eigenvalue weighted by molar-refractivity contribution is 5.21. The van der Waals surface area contributed by atoms with E-state index in [0.717, 1.165) is 5.57 Å². The summed E-state index contributed by atoms with van der Waals surface area (Å²) in [5.41, 5.74) is 0.759. The van der Waals surface area contributed by atoms with E-state index in [9.17, 15) is 0 Å². The predicted molar refractivity (Wildman–Crippen MR) is 28.2 cm³/mol. The van der Waals surface area contributed by atoms with Crippen LogP contribution < -0.4 is 0 Å². The van der Waals surface area contributed by atoms with Crippen molar-refractivity contribution < 1.29 is 0 Å². The Morgan fingerprint density at radius 2 is 2.17 bits per heavy atom. The third-order valence-electron chi connectivity index (χ3n) is 0.476. The molecule has 0 aromatic rings. The fraction of sp³-hybridized carbons (Fsp3) is 0. The van der Waals surface area contributed by atoms with Crippen molar-refractivity contribution in [3.63, 3.8) is 0 Å². The molecular formula is C6H7. The van der Waals surface area contributed by atoms with E-state index in [1.807, 2.05) is 0 Å². The lowest BCUT2D eigenvalue weighted by Crippen LogP contribution is -1.55. The Hall–Kier alpha value is -0.780. The van der Waals surface area contributed by atoms with Crippen LogP contribution in [0.4, 0.5) is 0 Å². The van der Waals surface area contributed by atoms with Gasteiger partial charge in [0.1, 0.15) is 0 Å². The van der Waals surface area contributed by atoms with Crippen LogP contribution in [-0.4, -0.2) is 0 Å². The van der Waals surface area contributed by atoms with Gasteiger partial charge in [0.15, 0.2) is 0 Å². The van der Waals surface area contributed by atoms with Crippen molar-refractivity contribution in [3.05, 3.63) is 37.5 Å². The maximum atomic E-state index is 4.99. The van der Waals surface area contributed by atoms with Gasteiger partial charge < -0.3 is 0 Å². The van der Waals surface area contributed by atoms with E-state index in [2.05, 4.69) is 13.2 Å². The summed E-state index contributed by atoms with van der Waals surface area (Å²) in [5.74, 6) is 0. The van der Waals surface area contributed by atoms with E-state index in [0.29, 0.717) is 0 Å². The van der Waals surface area contributed by atoms with Gasteiger partial charge in [0.25, 0.3) is 0 Å². The Kier molecular flexibility index (Phi) is 2.14. The maximum absolute atomic E-state index is 4.99. The second-order valence-corrected chi connectivity index (χ2v) is 0.946. The SMILES string of the molecule is [CH]=CC(=C)C=C. The van der Waals surface area contributed by atoms with Gasteiger partial charge in [-0.1, -0.05) is 31.9 Å². The molecule has 0 saturated heterocycles. The van der Waals surface area contributed by atoms with E-state index < -0.39 is 0 Å². The van der Waals surface area contributed by atoms with Crippen molar-refractivity contribution in [1.29, 1.82) is 0 Å². The molecule has 0 aliphatic carbocycles. The second kappa shape index (κ2) is 2.46. The minimum Gasteiger partial charge on any atom is -0.0985 e. The molecule has 0 atom stereocenters. The van der Waals surface area contributed by atoms with Crippen molar-refractivity contribution in [2.75, 3.05) is 0 Å². The Labute approximate surface area is 38.5 Å². The van der Waals surface area contributed by atoms with Crippen molar-refractivity contribution in [2.24, 2.45) is 0 Å². The molecule has 0 aromatic heterocycles. The van der Waals surface area contributed by atoms with Gasteiger partial charge in [-0.25, -0.2) is 0 Å². The van der Waals surface area contributed by atoms with Crippen LogP contribution in [0.3, 0.4) is 0 Å². The van der Waals surface area contributed by atoms with Crippen LogP contribution >= 0.6 is 0 Å². The minimum atomic E-state index is 0.759. The molecule has 0 bridgehead atoms. The lowest BCUT2D eigenvalue weighted by molar-refractivity contribution is 1.79. The van der Waals surface area contributed by atoms with Crippen molar-refractivity contribution >= 4 is 0 Å². The molecule has 0 N–H and O–H groups in total. The lowest BCUT2D eigenvalue weighted by Gasteiger charge is -1.76. The van der Waals surface area contributed by atoms with E-state index in [1.165, 1.54) is 6.08 Å². The summed E-state index contributed by atoms with van der Waals surface area (Å²) in [6, 6.07) is 0. The predicted octanol–water partition coefficient (Wildman–Crippen LogP) is 1.72. The molecule has 0 saturated carbocycles. The molecule has 0 fully saturated rings. The smallest absolute Gasteiger partial charge is 0.0335 e. The third kappa shape index (κ3) is 1.53. The fourth-order valence-electron chi connectivity index (χ4n) is 0.0680. The van der Waals surface area contributed by atoms with Crippen molar-refractivity contribution in [1.82, 2.24) is 0 Å². The second-order valence-electron chi connectivity index (χ2n) is 0.946. The molecule has 6 heavy (non-hydrogen) atoms. The van der Waals surface area contributed by atoms with Gasteiger partial charge in [-0.05, 0) is 5.57 Å². The van der Waals surface area contributed by atoms with Crippen LogP contribution in [0, 0.1) is 6.58 Å². The molecule has 0 spiro atoms. The standard InChI is InChI=1S/C6H7/c1-4-6(3)5-2/h1,4-5H,2-3H2. The molecule has 0 rings (SSSR count). The maximum Gasteiger partial charge on any atom is -0.0335 e. The lowest BCUT2D eigenvalue weighted by atomic mass is 10.3. The van der Waals surface area contributed by atoms with Gasteiger partial charge in [0.2, 0.25) is 0 Å². The van der Waals surface area contributed by atoms with Crippen molar-refractivity contribution in [3.8, 4) is 0 Å². The van der Waals surface area contributed by atoms with E-state index in [4.69, 9.17) is 6.58 Å². The van der Waals surface area contributed by atoms with Gasteiger partial charge in [0, 0.05) is 0 Å². The largest absolute Gasteiger partial charge is 0.0985 e. The first kappa shape index (κ1) is 5.22. The number of hydrogen-bond acceptors (Lipinski definition) is 0. The van der Waals surface area contributed by atoms with Crippen molar-refractivity contribution in [2.45, 2.75) is 0 Å². The summed E-state index contributed by atoms with van der Waals surface area (Å²) in [5, 5.41) is 0. The summed E-state index contributed by atoms with van der Waals surface area (Å²) in [7, 11) is 0. The molecule has 0 unspecified atom stereocenters. The van der Waals surface area contributed by atoms with Gasteiger partial charge in [-0.3, -0.25) is 0 Å². The Morgan fingerprint density at radius 3 is 2.17 bits per heavy atom. The Morgan fingerprint density at radius 1 is 1.67 bits per heavy atom. The number of allylic oxidation sites excluding steroid dienone is 3. The summed E-state index contributed by atoms with van der Waals surface area (Å²) in [4.78, 5) is 0. The summed E-state index contributed by atoms with van der Waals surface area (Å²) in [6.45, 7) is 11.9. The molecule has 0 aliphatic heterocycles. The Balaban J connectivity index is 3.52. The molecule has 0 aliphatic rings. The summed E-state index contributed by atoms with van der Waals surface area (Å²) in [6.07, 6.45) is 3.01. The van der Waals surface area contributed by atoms with E-state index >= 15 is 0 Å². The molecule has 0 aromatic carbocycles. The average molecular weight is 79.1 g/mol. The molecule has 1 radical (unpaired) electrons. The monoisotopic (exact) mass is 79.1 g/mol. The molecule has 0 heterocycles. The van der Waals surface area contributed by atoms with Crippen LogP contribution in [0.15, 0.2) is 30.9 Å². The van der Waals surface area contributed by atoms with Crippen LogP contribution in [-0.2, 0) is 0 Å². The molecule has 0 amide bonds. The van der Waals surface area contributed by atoms with E-state index in [1.54, 1.807) is 6.08 Å². The topological polar surface area (TPSA) is 0 Å². The van der Waals surface area contributed by atoms with Crippen LogP contribution in [0.25, 0.3) is 0 Å². The highest BCUT2D eigenvalue weighted by atomic mass is 13.7. The molecule has 31 valence electrons. The highest BCUT2D eigenvalue weighted by Gasteiger charge is 1.66. The first-order valence-electron chi connectivity index (χ1n) is 1.67. The zero-order chi connectivity index (χ0) is 4.99. The molecule has 0 nitrogen and oxygen atoms in total. The van der Waals surface area contributed by atoms with Crippen LogP contribution in [0.5, 0.6) is 0 Å². The highest BCUT2D eigenvalue weighted by Crippen LogP contribution is 1.86. The van der Waals surface area contributed by atoms with Crippen LogP contribution in [0.2, 0.25) is 0 Å². The fourth-order valence-corrected chi connectivity index (χ4v) is 0.0680. The van der Waals surface area contributed by atoms with Gasteiger partial charge in [-0.15, -0.1) is 0 Å². The molecular weight excluding hydrogens is 72.1 g/mol. The first-order valence-corrected chi connectivity index (χ1v) is 1.67. The van der Waals surface area contributed by atoms with E-state index in [-0.39, 0.29) is 0 Å². The summed E-state index contributed by atoms with van der Waals surface area (Å²) >= 11 is 0. The normalized spacial score (nSPS) is 6.67. The van der Waals surface area contributed by atoms with Crippen LogP contribution in [0.1, 0.15) is 0 Å². The zero-order valence-electron chi connectivity index (χ0n) is 3.65. The third-order valence-corrected chi connectivity index (χ3v) is 0.476. The zero-order valence-corrected chi connectivity index (χ0v) is 3.65. The number of hydrogen-bond donors (Lipinski definition) is 0. The first-order chi connectivity index (χ1) is 2.81. The van der Waals surface area contributed by atoms with Gasteiger partial charge in [-0.2, -0.15) is 0 Å². The summed E-state index contributed by atoms with van der Waals surface area (Å²) < 4.78 is 0. The van der Waals surface area contributed by atoms with Gasteiger partial charge in [0.05, 0.1) is 0 Å². The Bertz CT molecular complexity index is 68.0. The average Bonchev–Trinajstić information content (AvgIpc) is 1.65. The molecule has 0 heteroatoms. The minimum absolute atomic E-state index is 0.759. The quantitative estimate of drug-likeness (QED) is 0.442. The van der Waals surface area contributed by atoms with Gasteiger partial charge >= 0.3 is 0 Å². The number of rotatable bonds is 2.